The molecule has 6 nitrogen and oxygen atoms in total. The Bertz CT molecular complexity index is 841. The lowest BCUT2D eigenvalue weighted by Crippen LogP contribution is -2.31. The number of nitrogens with zero attached hydrogens (tertiary/aromatic N) is 3. The second-order valence-electron chi connectivity index (χ2n) is 5.39. The number of carbonyl (C=O) groups is 1. The number of aryl methyl sites for hydroxylation is 1. The van der Waals surface area contributed by atoms with E-state index >= 15 is 0 Å². The van der Waals surface area contributed by atoms with Gasteiger partial charge in [0.15, 0.2) is 0 Å². The van der Waals surface area contributed by atoms with E-state index in [0.29, 0.717) is 11.5 Å². The lowest BCUT2D eigenvalue weighted by molar-refractivity contribution is 0.249. The minimum absolute atomic E-state index is 0.0995. The number of urea groups is 1. The third kappa shape index (κ3) is 3.15. The van der Waals surface area contributed by atoms with E-state index in [1.165, 1.54) is 0 Å². The van der Waals surface area contributed by atoms with Crippen molar-refractivity contribution in [1.82, 2.24) is 20.1 Å². The molecule has 0 fully saturated rings. The third-order valence-corrected chi connectivity index (χ3v) is 3.68. The molecular formula is C17H18N5O. The van der Waals surface area contributed by atoms with E-state index in [1.54, 1.807) is 16.9 Å². The fraction of sp³-hybridized carbons (Fsp3) is 0.176. The van der Waals surface area contributed by atoms with Crippen molar-refractivity contribution in [1.29, 1.82) is 0 Å². The molecule has 117 valence electrons. The third-order valence-electron chi connectivity index (χ3n) is 3.68. The molecule has 2 aromatic heterocycles. The predicted molar refractivity (Wildman–Crippen MR) is 90.0 cm³/mol. The number of benzene rings is 1. The number of rotatable bonds is 3. The van der Waals surface area contributed by atoms with Gasteiger partial charge in [-0.3, -0.25) is 10.00 Å². The van der Waals surface area contributed by atoms with Crippen LogP contribution in [0.1, 0.15) is 24.2 Å². The van der Waals surface area contributed by atoms with Crippen LogP contribution in [0.5, 0.6) is 0 Å². The molecule has 1 aromatic carbocycles. The van der Waals surface area contributed by atoms with Crippen molar-refractivity contribution in [3.05, 3.63) is 60.8 Å². The first-order chi connectivity index (χ1) is 11.0. The molecule has 3 aromatic rings. The minimum Gasteiger partial charge on any atom is -0.331 e. The molecule has 0 bridgehead atoms. The van der Waals surface area contributed by atoms with Crippen LogP contribution in [-0.4, -0.2) is 20.8 Å². The maximum absolute atomic E-state index is 12.1. The summed E-state index contributed by atoms with van der Waals surface area (Å²) in [7, 11) is 1.83. The number of amides is 2. The summed E-state index contributed by atoms with van der Waals surface area (Å²) in [5, 5.41) is 10.7. The Balaban J connectivity index is 1.73. The summed E-state index contributed by atoms with van der Waals surface area (Å²) in [4.78, 5) is 16.5. The van der Waals surface area contributed by atoms with Crippen LogP contribution < -0.4 is 10.6 Å². The van der Waals surface area contributed by atoms with Gasteiger partial charge >= 0.3 is 6.03 Å². The van der Waals surface area contributed by atoms with Crippen molar-refractivity contribution >= 4 is 22.8 Å². The molecular weight excluding hydrogens is 290 g/mol. The van der Waals surface area contributed by atoms with Gasteiger partial charge in [-0.2, -0.15) is 5.10 Å². The van der Waals surface area contributed by atoms with Crippen LogP contribution in [0.25, 0.3) is 10.9 Å². The van der Waals surface area contributed by atoms with Crippen molar-refractivity contribution in [2.75, 3.05) is 5.32 Å². The number of aromatic nitrogens is 3. The van der Waals surface area contributed by atoms with Gasteiger partial charge in [-0.05, 0) is 25.5 Å². The van der Waals surface area contributed by atoms with Gasteiger partial charge in [0.1, 0.15) is 5.82 Å². The average Bonchev–Trinajstić information content (AvgIpc) is 2.89. The van der Waals surface area contributed by atoms with Crippen LogP contribution in [0.3, 0.4) is 0 Å². The summed E-state index contributed by atoms with van der Waals surface area (Å²) in [6, 6.07) is 11.1. The first-order valence-corrected chi connectivity index (χ1v) is 7.32. The summed E-state index contributed by atoms with van der Waals surface area (Å²) in [5.41, 5.74) is 2.47. The van der Waals surface area contributed by atoms with Crippen LogP contribution in [0.4, 0.5) is 10.6 Å². The maximum Gasteiger partial charge on any atom is 0.320 e. The fourth-order valence-electron chi connectivity index (χ4n) is 2.53. The van der Waals surface area contributed by atoms with Gasteiger partial charge in [-0.1, -0.05) is 30.3 Å². The molecule has 0 aliphatic rings. The van der Waals surface area contributed by atoms with Gasteiger partial charge in [0.25, 0.3) is 0 Å². The van der Waals surface area contributed by atoms with Crippen LogP contribution in [0.2, 0.25) is 0 Å². The zero-order valence-corrected chi connectivity index (χ0v) is 13.1. The monoisotopic (exact) mass is 308 g/mol. The molecule has 2 N–H and O–H groups in total. The summed E-state index contributed by atoms with van der Waals surface area (Å²) < 4.78 is 1.71. The highest BCUT2D eigenvalue weighted by molar-refractivity contribution is 5.92. The lowest BCUT2D eigenvalue weighted by Gasteiger charge is -2.15. The number of anilines is 1. The van der Waals surface area contributed by atoms with Crippen LogP contribution in [0, 0.1) is 6.92 Å². The molecule has 23 heavy (non-hydrogen) atoms. The van der Waals surface area contributed by atoms with Crippen molar-refractivity contribution in [3.63, 3.8) is 0 Å². The Labute approximate surface area is 134 Å². The van der Waals surface area contributed by atoms with E-state index in [2.05, 4.69) is 27.6 Å². The maximum atomic E-state index is 12.1. The Morgan fingerprint density at radius 2 is 2.04 bits per heavy atom. The smallest absolute Gasteiger partial charge is 0.320 e. The largest absolute Gasteiger partial charge is 0.331 e. The van der Waals surface area contributed by atoms with E-state index in [9.17, 15) is 4.79 Å². The molecule has 0 saturated heterocycles. The van der Waals surface area contributed by atoms with Gasteiger partial charge in [0.2, 0.25) is 0 Å². The standard InChI is InChI=1S/C17H18N5O/c1-11(13-7-5-4-6-8-13)20-17(23)21-15-9-14-10-18-22(3)16(14)12(2)19-15/h4-11H,2H2,1,3H3,(H2,19,20,21,23)/t11-/m1/s1. The van der Waals surface area contributed by atoms with Gasteiger partial charge in [0.05, 0.1) is 23.4 Å². The highest BCUT2D eigenvalue weighted by Gasteiger charge is 2.12. The summed E-state index contributed by atoms with van der Waals surface area (Å²) in [6.07, 6.45) is 1.72. The van der Waals surface area contributed by atoms with Crippen LogP contribution >= 0.6 is 0 Å². The highest BCUT2D eigenvalue weighted by Crippen LogP contribution is 2.19. The molecule has 3 rings (SSSR count). The lowest BCUT2D eigenvalue weighted by atomic mass is 10.1. The number of carbonyl (C=O) groups excluding carboxylic acids is 1. The van der Waals surface area contributed by atoms with E-state index in [-0.39, 0.29) is 12.1 Å². The van der Waals surface area contributed by atoms with E-state index in [0.717, 1.165) is 16.5 Å². The Kier molecular flexibility index (Phi) is 3.97. The fourth-order valence-corrected chi connectivity index (χ4v) is 2.53. The van der Waals surface area contributed by atoms with Crippen molar-refractivity contribution in [3.8, 4) is 0 Å². The SMILES string of the molecule is [CH2]c1nc(NC(=O)N[C@H](C)c2ccccc2)cc2cnn(C)c12. The predicted octanol–water partition coefficient (Wildman–Crippen LogP) is 3.03. The average molecular weight is 308 g/mol. The van der Waals surface area contributed by atoms with Gasteiger partial charge in [-0.15, -0.1) is 0 Å². The summed E-state index contributed by atoms with van der Waals surface area (Å²) in [5.74, 6) is 0.452. The van der Waals surface area contributed by atoms with E-state index in [1.807, 2.05) is 44.3 Å². The van der Waals surface area contributed by atoms with Crippen molar-refractivity contribution in [2.45, 2.75) is 13.0 Å². The van der Waals surface area contributed by atoms with Crippen LogP contribution in [0.15, 0.2) is 42.6 Å². The molecule has 2 heterocycles. The molecule has 0 aliphatic carbocycles. The number of hydrogen-bond donors (Lipinski definition) is 2. The molecule has 1 atom stereocenters. The first kappa shape index (κ1) is 15.0. The Morgan fingerprint density at radius 1 is 1.30 bits per heavy atom. The molecule has 0 spiro atoms. The number of hydrogen-bond acceptors (Lipinski definition) is 3. The first-order valence-electron chi connectivity index (χ1n) is 7.32. The van der Waals surface area contributed by atoms with Gasteiger partial charge in [-0.25, -0.2) is 9.78 Å². The minimum atomic E-state index is -0.309. The number of nitrogens with one attached hydrogen (secondary N) is 2. The zero-order valence-electron chi connectivity index (χ0n) is 13.1. The molecule has 0 unspecified atom stereocenters. The second kappa shape index (κ2) is 6.08. The summed E-state index contributed by atoms with van der Waals surface area (Å²) >= 11 is 0. The van der Waals surface area contributed by atoms with Crippen molar-refractivity contribution < 1.29 is 4.79 Å². The van der Waals surface area contributed by atoms with Crippen molar-refractivity contribution in [2.24, 2.45) is 7.05 Å². The van der Waals surface area contributed by atoms with E-state index < -0.39 is 0 Å². The molecule has 2 amide bonds. The van der Waals surface area contributed by atoms with E-state index in [4.69, 9.17) is 0 Å². The highest BCUT2D eigenvalue weighted by atomic mass is 16.2. The van der Waals surface area contributed by atoms with Crippen LogP contribution in [-0.2, 0) is 7.05 Å². The molecule has 6 heteroatoms. The Hall–Kier alpha value is -2.89. The Morgan fingerprint density at radius 3 is 2.78 bits per heavy atom. The zero-order chi connectivity index (χ0) is 16.4. The molecule has 0 saturated carbocycles. The quantitative estimate of drug-likeness (QED) is 0.781. The van der Waals surface area contributed by atoms with Gasteiger partial charge < -0.3 is 5.32 Å². The van der Waals surface area contributed by atoms with Gasteiger partial charge in [0, 0.05) is 12.4 Å². The molecule has 0 aliphatic heterocycles. The number of fused-ring (bicyclic) bond motifs is 1. The normalized spacial score (nSPS) is 12.1. The molecule has 1 radical (unpaired) electrons. The summed E-state index contributed by atoms with van der Waals surface area (Å²) in [6.45, 7) is 5.84. The number of pyridine rings is 1. The second-order valence-corrected chi connectivity index (χ2v) is 5.39. The topological polar surface area (TPSA) is 71.8 Å².